The number of nitrogens with one attached hydrogen (secondary N) is 1. The van der Waals surface area contributed by atoms with Gasteiger partial charge in [-0.15, -0.1) is 11.3 Å². The van der Waals surface area contributed by atoms with E-state index in [2.05, 4.69) is 24.1 Å². The van der Waals surface area contributed by atoms with Crippen molar-refractivity contribution in [2.45, 2.75) is 34.3 Å². The molecular formula is C23H26N2O3S. The number of nitrogens with zero attached hydrogens (tertiary/aromatic N) is 1. The van der Waals surface area contributed by atoms with Crippen LogP contribution in [0.2, 0.25) is 0 Å². The molecule has 0 aliphatic rings. The van der Waals surface area contributed by atoms with Crippen molar-refractivity contribution in [1.82, 2.24) is 4.98 Å². The van der Waals surface area contributed by atoms with E-state index in [0.717, 1.165) is 22.2 Å². The van der Waals surface area contributed by atoms with Crippen molar-refractivity contribution in [2.24, 2.45) is 5.92 Å². The monoisotopic (exact) mass is 410 g/mol. The molecule has 29 heavy (non-hydrogen) atoms. The van der Waals surface area contributed by atoms with Crippen molar-refractivity contribution in [3.05, 3.63) is 69.7 Å². The molecular weight excluding hydrogens is 384 g/mol. The van der Waals surface area contributed by atoms with E-state index in [9.17, 15) is 4.79 Å². The molecule has 3 rings (SSSR count). The summed E-state index contributed by atoms with van der Waals surface area (Å²) >= 11 is 1.35. The Bertz CT molecular complexity index is 947. The average Bonchev–Trinajstić information content (AvgIpc) is 3.08. The third kappa shape index (κ3) is 6.06. The van der Waals surface area contributed by atoms with E-state index < -0.39 is 0 Å². The highest BCUT2D eigenvalue weighted by molar-refractivity contribution is 7.13. The summed E-state index contributed by atoms with van der Waals surface area (Å²) in [6.07, 6.45) is 0. The Morgan fingerprint density at radius 2 is 1.62 bits per heavy atom. The largest absolute Gasteiger partial charge is 0.493 e. The van der Waals surface area contributed by atoms with Crippen molar-refractivity contribution in [3.8, 4) is 11.5 Å². The first-order chi connectivity index (χ1) is 13.9. The Morgan fingerprint density at radius 1 is 1.00 bits per heavy atom. The average molecular weight is 411 g/mol. The van der Waals surface area contributed by atoms with Crippen molar-refractivity contribution < 1.29 is 14.3 Å². The minimum atomic E-state index is -0.169. The third-order valence-corrected chi connectivity index (χ3v) is 5.26. The smallest absolute Gasteiger partial charge is 0.267 e. The normalized spacial score (nSPS) is 10.8. The molecule has 2 aromatic carbocycles. The van der Waals surface area contributed by atoms with Crippen LogP contribution in [0.25, 0.3) is 0 Å². The lowest BCUT2D eigenvalue weighted by atomic mass is 10.2. The van der Waals surface area contributed by atoms with E-state index in [1.807, 2.05) is 62.4 Å². The van der Waals surface area contributed by atoms with Gasteiger partial charge in [-0.25, -0.2) is 4.98 Å². The van der Waals surface area contributed by atoms with Gasteiger partial charge >= 0.3 is 0 Å². The lowest BCUT2D eigenvalue weighted by Crippen LogP contribution is -2.11. The molecule has 1 N–H and O–H groups in total. The van der Waals surface area contributed by atoms with Gasteiger partial charge < -0.3 is 14.8 Å². The van der Waals surface area contributed by atoms with Crippen LogP contribution >= 0.6 is 11.3 Å². The zero-order chi connectivity index (χ0) is 20.8. The number of hydrogen-bond acceptors (Lipinski definition) is 5. The van der Waals surface area contributed by atoms with Crippen LogP contribution in [-0.4, -0.2) is 17.5 Å². The zero-order valence-corrected chi connectivity index (χ0v) is 18.0. The molecule has 152 valence electrons. The SMILES string of the molecule is Cc1ccc(OCc2nc(C)c(C(=O)Nc3ccc(OCC(C)C)cc3)s2)cc1. The van der Waals surface area contributed by atoms with Gasteiger partial charge in [0.2, 0.25) is 0 Å². The fourth-order valence-electron chi connectivity index (χ4n) is 2.59. The van der Waals surface area contributed by atoms with Gasteiger partial charge in [-0.1, -0.05) is 31.5 Å². The number of aryl methyl sites for hydroxylation is 2. The standard InChI is InChI=1S/C23H26N2O3S/c1-15(2)13-27-20-11-7-18(8-12-20)25-23(26)22-17(4)24-21(29-22)14-28-19-9-5-16(3)6-10-19/h5-12,15H,13-14H2,1-4H3,(H,25,26). The number of anilines is 1. The van der Waals surface area contributed by atoms with Gasteiger partial charge in [0.15, 0.2) is 0 Å². The number of aromatic nitrogens is 1. The van der Waals surface area contributed by atoms with Crippen LogP contribution in [0.15, 0.2) is 48.5 Å². The quantitative estimate of drug-likeness (QED) is 0.523. The molecule has 0 bridgehead atoms. The number of hydrogen-bond donors (Lipinski definition) is 1. The maximum absolute atomic E-state index is 12.6. The summed E-state index contributed by atoms with van der Waals surface area (Å²) in [5, 5.41) is 3.69. The highest BCUT2D eigenvalue weighted by atomic mass is 32.1. The number of thiazole rings is 1. The Hall–Kier alpha value is -2.86. The van der Waals surface area contributed by atoms with E-state index in [1.165, 1.54) is 16.9 Å². The minimum Gasteiger partial charge on any atom is -0.493 e. The van der Waals surface area contributed by atoms with Crippen molar-refractivity contribution in [2.75, 3.05) is 11.9 Å². The van der Waals surface area contributed by atoms with Crippen LogP contribution in [0, 0.1) is 19.8 Å². The number of rotatable bonds is 8. The summed E-state index contributed by atoms with van der Waals surface area (Å²) in [6, 6.07) is 15.3. The van der Waals surface area contributed by atoms with E-state index in [-0.39, 0.29) is 5.91 Å². The van der Waals surface area contributed by atoms with E-state index in [4.69, 9.17) is 9.47 Å². The Balaban J connectivity index is 1.58. The highest BCUT2D eigenvalue weighted by Gasteiger charge is 2.16. The molecule has 6 heteroatoms. The Labute approximate surface area is 175 Å². The van der Waals surface area contributed by atoms with Gasteiger partial charge in [0.05, 0.1) is 12.3 Å². The van der Waals surface area contributed by atoms with Crippen molar-refractivity contribution >= 4 is 22.9 Å². The molecule has 1 aromatic heterocycles. The van der Waals surface area contributed by atoms with Crippen LogP contribution in [-0.2, 0) is 6.61 Å². The summed E-state index contributed by atoms with van der Waals surface area (Å²) in [6.45, 7) is 9.08. The number of carbonyl (C=O) groups is 1. The number of ether oxygens (including phenoxy) is 2. The molecule has 0 unspecified atom stereocenters. The molecule has 0 atom stereocenters. The second kappa shape index (κ2) is 9.56. The first kappa shape index (κ1) is 20.9. The molecule has 0 saturated heterocycles. The van der Waals surface area contributed by atoms with Gasteiger partial charge in [0, 0.05) is 5.69 Å². The topological polar surface area (TPSA) is 60.5 Å². The lowest BCUT2D eigenvalue weighted by molar-refractivity contribution is 0.103. The first-order valence-corrected chi connectivity index (χ1v) is 10.4. The predicted octanol–water partition coefficient (Wildman–Crippen LogP) is 5.63. The third-order valence-electron chi connectivity index (χ3n) is 4.13. The molecule has 0 saturated carbocycles. The maximum Gasteiger partial charge on any atom is 0.267 e. The second-order valence-electron chi connectivity index (χ2n) is 7.31. The highest BCUT2D eigenvalue weighted by Crippen LogP contribution is 2.23. The fraction of sp³-hybridized carbons (Fsp3) is 0.304. The number of benzene rings is 2. The van der Waals surface area contributed by atoms with Gasteiger partial charge in [0.1, 0.15) is 28.0 Å². The van der Waals surface area contributed by atoms with Crippen LogP contribution < -0.4 is 14.8 Å². The summed E-state index contributed by atoms with van der Waals surface area (Å²) < 4.78 is 11.4. The molecule has 0 aliphatic carbocycles. The van der Waals surface area contributed by atoms with Crippen LogP contribution in [0.3, 0.4) is 0 Å². The first-order valence-electron chi connectivity index (χ1n) is 9.60. The van der Waals surface area contributed by atoms with Gasteiger partial charge in [-0.05, 0) is 56.2 Å². The molecule has 0 fully saturated rings. The molecule has 0 radical (unpaired) electrons. The zero-order valence-electron chi connectivity index (χ0n) is 17.2. The molecule has 0 spiro atoms. The summed E-state index contributed by atoms with van der Waals surface area (Å²) in [5.74, 6) is 1.88. The van der Waals surface area contributed by atoms with Crippen LogP contribution in [0.5, 0.6) is 11.5 Å². The lowest BCUT2D eigenvalue weighted by Gasteiger charge is -2.09. The van der Waals surface area contributed by atoms with E-state index in [1.54, 1.807) is 0 Å². The van der Waals surface area contributed by atoms with E-state index >= 15 is 0 Å². The molecule has 5 nitrogen and oxygen atoms in total. The van der Waals surface area contributed by atoms with E-state index in [0.29, 0.717) is 29.7 Å². The molecule has 3 aromatic rings. The van der Waals surface area contributed by atoms with Crippen molar-refractivity contribution in [1.29, 1.82) is 0 Å². The van der Waals surface area contributed by atoms with Gasteiger partial charge in [-0.2, -0.15) is 0 Å². The molecule has 1 heterocycles. The fourth-order valence-corrected chi connectivity index (χ4v) is 3.46. The van der Waals surface area contributed by atoms with Crippen LogP contribution in [0.4, 0.5) is 5.69 Å². The summed E-state index contributed by atoms with van der Waals surface area (Å²) in [7, 11) is 0. The van der Waals surface area contributed by atoms with Crippen molar-refractivity contribution in [3.63, 3.8) is 0 Å². The van der Waals surface area contributed by atoms with Crippen LogP contribution in [0.1, 0.15) is 39.8 Å². The van der Waals surface area contributed by atoms with Gasteiger partial charge in [-0.3, -0.25) is 4.79 Å². The summed E-state index contributed by atoms with van der Waals surface area (Å²) in [4.78, 5) is 17.7. The predicted molar refractivity (Wildman–Crippen MR) is 117 cm³/mol. The Morgan fingerprint density at radius 3 is 2.28 bits per heavy atom. The summed E-state index contributed by atoms with van der Waals surface area (Å²) in [5.41, 5.74) is 2.60. The van der Waals surface area contributed by atoms with Gasteiger partial charge in [0.25, 0.3) is 5.91 Å². The molecule has 1 amide bonds. The Kier molecular flexibility index (Phi) is 6.88. The minimum absolute atomic E-state index is 0.169. The number of amides is 1. The molecule has 0 aliphatic heterocycles. The second-order valence-corrected chi connectivity index (χ2v) is 8.39. The number of carbonyl (C=O) groups excluding carboxylic acids is 1. The maximum atomic E-state index is 12.6.